The Bertz CT molecular complexity index is 2610. The van der Waals surface area contributed by atoms with Crippen LogP contribution in [0.25, 0.3) is 0 Å². The van der Waals surface area contributed by atoms with E-state index in [2.05, 4.69) is 71.9 Å². The lowest BCUT2D eigenvalue weighted by atomic mass is 9.48. The summed E-state index contributed by atoms with van der Waals surface area (Å²) in [5.74, 6) is 2.23. The summed E-state index contributed by atoms with van der Waals surface area (Å²) < 4.78 is 19.8. The van der Waals surface area contributed by atoms with Crippen LogP contribution >= 0.6 is 0 Å². The highest BCUT2D eigenvalue weighted by Gasteiger charge is 2.73. The number of rotatable bonds is 28. The lowest BCUT2D eigenvalue weighted by molar-refractivity contribution is -0.192. The maximum absolute atomic E-state index is 13.2. The summed E-state index contributed by atoms with van der Waals surface area (Å²) in [6.45, 7) is 9.02. The molecule has 4 aliphatic heterocycles. The number of likely N-dealkylation sites (tertiary alicyclic amines) is 1. The van der Waals surface area contributed by atoms with Crippen LogP contribution in [0.15, 0.2) is 36.4 Å². The largest absolute Gasteiger partial charge is 0.504 e. The second-order valence-corrected chi connectivity index (χ2v) is 23.6. The Labute approximate surface area is 457 Å². The fourth-order valence-corrected chi connectivity index (χ4v) is 14.4. The average molecular weight is 1080 g/mol. The second-order valence-electron chi connectivity index (χ2n) is 23.6. The highest BCUT2D eigenvalue weighted by atomic mass is 16.5. The Morgan fingerprint density at radius 3 is 2.15 bits per heavy atom. The molecule has 2 saturated carbocycles. The molecule has 78 heavy (non-hydrogen) atoms. The average Bonchev–Trinajstić information content (AvgIpc) is 2.90. The summed E-state index contributed by atoms with van der Waals surface area (Å²) in [5.41, 5.74) is 1.80. The first-order valence-corrected chi connectivity index (χ1v) is 29.0. The molecular weight excluding hydrogens is 997 g/mol. The van der Waals surface area contributed by atoms with Crippen LogP contribution in [-0.4, -0.2) is 160 Å². The number of hydrogen-bond acceptors (Lipinski definition) is 14. The maximum atomic E-state index is 13.2. The smallest absolute Gasteiger partial charge is 0.250 e. The molecule has 3 aromatic rings. The van der Waals surface area contributed by atoms with Crippen LogP contribution in [0.3, 0.4) is 0 Å². The van der Waals surface area contributed by atoms with E-state index in [1.54, 1.807) is 6.07 Å². The molecular formula is C58H82N10O10. The maximum Gasteiger partial charge on any atom is 0.250 e. The summed E-state index contributed by atoms with van der Waals surface area (Å²) in [4.78, 5) is 67.5. The monoisotopic (exact) mass is 1080 g/mol. The van der Waals surface area contributed by atoms with Gasteiger partial charge in [0.15, 0.2) is 11.5 Å². The molecule has 2 aromatic carbocycles. The van der Waals surface area contributed by atoms with Crippen molar-refractivity contribution < 1.29 is 48.4 Å². The molecule has 424 valence electrons. The predicted octanol–water partition coefficient (Wildman–Crippen LogP) is 4.36. The lowest BCUT2D eigenvalue weighted by Gasteiger charge is -2.64. The van der Waals surface area contributed by atoms with Gasteiger partial charge in [-0.3, -0.25) is 33.8 Å². The minimum Gasteiger partial charge on any atom is -0.504 e. The number of fused-ring (bicyclic) bond motifs is 2. The fourth-order valence-electron chi connectivity index (χ4n) is 14.4. The van der Waals surface area contributed by atoms with Gasteiger partial charge in [0, 0.05) is 67.5 Å². The van der Waals surface area contributed by atoms with E-state index in [0.29, 0.717) is 80.2 Å². The van der Waals surface area contributed by atoms with E-state index in [1.807, 2.05) is 30.3 Å². The van der Waals surface area contributed by atoms with Crippen molar-refractivity contribution in [2.75, 3.05) is 64.5 Å². The fraction of sp³-hybridized carbons (Fsp3) is 0.672. The number of benzene rings is 2. The summed E-state index contributed by atoms with van der Waals surface area (Å²) in [5, 5.41) is 47.1. The molecule has 1 spiro atoms. The van der Waals surface area contributed by atoms with Crippen LogP contribution in [0.1, 0.15) is 157 Å². The number of aliphatic hydroxyl groups is 1. The van der Waals surface area contributed by atoms with Gasteiger partial charge in [-0.15, -0.1) is 10.2 Å². The molecule has 7 N–H and O–H groups in total. The molecule has 3 aliphatic carbocycles. The third-order valence-electron chi connectivity index (χ3n) is 18.2. The van der Waals surface area contributed by atoms with Gasteiger partial charge in [-0.05, 0) is 132 Å². The van der Waals surface area contributed by atoms with E-state index in [1.165, 1.54) is 25.7 Å². The number of amides is 5. The number of nitrogens with zero attached hydrogens (tertiary/aromatic N) is 5. The third-order valence-corrected chi connectivity index (χ3v) is 18.2. The number of phenols is 1. The van der Waals surface area contributed by atoms with Gasteiger partial charge in [0.1, 0.15) is 44.2 Å². The van der Waals surface area contributed by atoms with Gasteiger partial charge < -0.3 is 55.6 Å². The highest BCUT2D eigenvalue weighted by molar-refractivity contribution is 5.92. The molecule has 20 nitrogen and oxygen atoms in total. The second kappa shape index (κ2) is 24.4. The molecule has 3 saturated heterocycles. The molecule has 5 heterocycles. The van der Waals surface area contributed by atoms with Gasteiger partial charge in [0.05, 0.1) is 23.1 Å². The summed E-state index contributed by atoms with van der Waals surface area (Å²) in [7, 11) is 0. The molecule has 0 radical (unpaired) electrons. The summed E-state index contributed by atoms with van der Waals surface area (Å²) in [6, 6.07) is 11.9. The van der Waals surface area contributed by atoms with Crippen molar-refractivity contribution in [3.05, 3.63) is 64.7 Å². The van der Waals surface area contributed by atoms with Gasteiger partial charge in [-0.2, -0.15) is 0 Å². The molecule has 7 aliphatic rings. The van der Waals surface area contributed by atoms with Crippen LogP contribution < -0.4 is 31.3 Å². The van der Waals surface area contributed by atoms with E-state index in [0.717, 1.165) is 106 Å². The zero-order valence-electron chi connectivity index (χ0n) is 45.8. The Morgan fingerprint density at radius 1 is 0.821 bits per heavy atom. The number of aryl methyl sites for hydroxylation is 1. The van der Waals surface area contributed by atoms with E-state index in [9.17, 15) is 34.2 Å². The SMILES string of the molecule is Cc1nnc(C(C)C)n1C1CC2CCC(C1)N2CC[C@H](NC=O)c1ccc(NC(=O)COCC(=O)NCCCCCCCNC(=O)COCC(=O)N[C@@H]2CC[C@@]3(O)[C@H]4Cc5ccc(O)c6c5[C@@]3(CCN4CC3CC3)[C@H]2O6)cc1. The van der Waals surface area contributed by atoms with E-state index < -0.39 is 23.2 Å². The summed E-state index contributed by atoms with van der Waals surface area (Å²) >= 11 is 0. The first-order chi connectivity index (χ1) is 37.8. The van der Waals surface area contributed by atoms with Crippen LogP contribution in [0.4, 0.5) is 5.69 Å². The van der Waals surface area contributed by atoms with Gasteiger partial charge >= 0.3 is 0 Å². The molecule has 8 atom stereocenters. The van der Waals surface area contributed by atoms with Crippen LogP contribution in [0.5, 0.6) is 11.5 Å². The topological polar surface area (TPSA) is 251 Å². The van der Waals surface area contributed by atoms with E-state index in [4.69, 9.17) is 14.2 Å². The quantitative estimate of drug-likeness (QED) is 0.0395. The van der Waals surface area contributed by atoms with Crippen molar-refractivity contribution in [1.29, 1.82) is 0 Å². The van der Waals surface area contributed by atoms with Crippen LogP contribution in [0, 0.1) is 12.8 Å². The number of phenolic OH excluding ortho intramolecular Hbond substituents is 1. The third kappa shape index (κ3) is 11.8. The van der Waals surface area contributed by atoms with Crippen molar-refractivity contribution in [3.63, 3.8) is 0 Å². The normalized spacial score (nSPS) is 27.1. The first kappa shape index (κ1) is 55.6. The number of ether oxygens (including phenoxy) is 3. The van der Waals surface area contributed by atoms with Crippen molar-refractivity contribution in [3.8, 4) is 11.5 Å². The van der Waals surface area contributed by atoms with Crippen molar-refractivity contribution >= 4 is 35.7 Å². The number of anilines is 1. The van der Waals surface area contributed by atoms with Gasteiger partial charge in [-0.25, -0.2) is 0 Å². The van der Waals surface area contributed by atoms with Gasteiger partial charge in [0.2, 0.25) is 30.0 Å². The lowest BCUT2D eigenvalue weighted by Crippen LogP contribution is -2.78. The number of aromatic nitrogens is 3. The number of hydrogen-bond donors (Lipinski definition) is 7. The summed E-state index contributed by atoms with van der Waals surface area (Å²) in [6.07, 6.45) is 14.7. The minimum atomic E-state index is -1.04. The number of nitrogens with one attached hydrogen (secondary N) is 5. The molecule has 5 fully saturated rings. The van der Waals surface area contributed by atoms with E-state index >= 15 is 0 Å². The van der Waals surface area contributed by atoms with E-state index in [-0.39, 0.29) is 67.9 Å². The highest BCUT2D eigenvalue weighted by Crippen LogP contribution is 2.65. The van der Waals surface area contributed by atoms with Crippen molar-refractivity contribution in [2.45, 2.75) is 183 Å². The number of carbonyl (C=O) groups excluding carboxylic acids is 5. The van der Waals surface area contributed by atoms with Crippen molar-refractivity contribution in [2.24, 2.45) is 5.92 Å². The number of carbonyl (C=O) groups is 5. The Morgan fingerprint density at radius 2 is 1.49 bits per heavy atom. The van der Waals surface area contributed by atoms with Crippen molar-refractivity contribution in [1.82, 2.24) is 45.8 Å². The molecule has 5 amide bonds. The molecule has 4 bridgehead atoms. The Balaban J connectivity index is 0.549. The van der Waals surface area contributed by atoms with Gasteiger partial charge in [-0.1, -0.05) is 51.3 Å². The zero-order chi connectivity index (χ0) is 54.6. The molecule has 2 unspecified atom stereocenters. The molecule has 1 aromatic heterocycles. The minimum absolute atomic E-state index is 0.0447. The van der Waals surface area contributed by atoms with Crippen LogP contribution in [0.2, 0.25) is 0 Å². The molecule has 10 rings (SSSR count). The predicted molar refractivity (Wildman–Crippen MR) is 290 cm³/mol. The Hall–Kier alpha value is -5.67. The number of piperidine rings is 2. The Kier molecular flexibility index (Phi) is 17.4. The number of unbranched alkanes of at least 4 members (excludes halogenated alkanes) is 4. The zero-order valence-corrected chi connectivity index (χ0v) is 45.8. The number of aromatic hydroxyl groups is 1. The standard InChI is InChI=1S/C58H82N10O10/c1-36(2)56-65-64-37(3)68(56)44-28-42-16-17-43(29-44)67(42)25-20-45(61-35-69)39-11-14-41(15-12-39)62-51(73)33-76-31-49(71)59-23-7-5-4-6-8-24-60-50(72)32-77-34-52(74)63-46-19-21-58(75)48-27-40-13-18-47(70)54-53(40)57(58,55(46)78-54)22-26-66(48)30-38-9-10-38/h11-15,18,35-36,38,42-46,48,55,70,75H,4-10,16-17,19-34H2,1-3H3,(H,59,71)(H,60,72)(H,61,69)(H,62,73)(H,63,74)/t42?,43?,44?,45-,46+,48+,55-,57-,58+/m0/s1. The van der Waals surface area contributed by atoms with Gasteiger partial charge in [0.25, 0.3) is 0 Å². The first-order valence-electron chi connectivity index (χ1n) is 29.0. The van der Waals surface area contributed by atoms with Crippen LogP contribution in [-0.2, 0) is 45.3 Å². The molecule has 20 heteroatoms.